The molecule has 0 amide bonds. The van der Waals surface area contributed by atoms with Gasteiger partial charge in [0.25, 0.3) is 0 Å². The molecule has 0 saturated heterocycles. The molecule has 2 aromatic rings. The summed E-state index contributed by atoms with van der Waals surface area (Å²) < 4.78 is 7.45. The minimum Gasteiger partial charge on any atom is -0.490 e. The molecule has 6 nitrogen and oxygen atoms in total. The predicted molar refractivity (Wildman–Crippen MR) is 75.1 cm³/mol. The normalized spacial score (nSPS) is 10.0. The number of rotatable bonds is 7. The zero-order valence-corrected chi connectivity index (χ0v) is 11.4. The molecule has 0 spiro atoms. The van der Waals surface area contributed by atoms with E-state index in [1.54, 1.807) is 12.4 Å². The van der Waals surface area contributed by atoms with Crippen LogP contribution in [0.15, 0.2) is 30.6 Å². The number of unbranched alkanes of at least 4 members (excludes halogenated alkanes) is 1. The van der Waals surface area contributed by atoms with Gasteiger partial charge in [0, 0.05) is 25.9 Å². The van der Waals surface area contributed by atoms with E-state index in [0.717, 1.165) is 5.69 Å². The fourth-order valence-corrected chi connectivity index (χ4v) is 1.72. The molecule has 104 valence electrons. The third kappa shape index (κ3) is 3.72. The molecule has 2 heterocycles. The Kier molecular flexibility index (Phi) is 4.95. The van der Waals surface area contributed by atoms with Gasteiger partial charge in [0.05, 0.1) is 24.9 Å². The van der Waals surface area contributed by atoms with E-state index in [-0.39, 0.29) is 0 Å². The molecule has 0 aliphatic carbocycles. The first-order valence-corrected chi connectivity index (χ1v) is 6.47. The van der Waals surface area contributed by atoms with Gasteiger partial charge in [0.2, 0.25) is 0 Å². The number of ether oxygens (including phenoxy) is 1. The Bertz CT molecular complexity index is 587. The zero-order valence-electron chi connectivity index (χ0n) is 11.4. The highest BCUT2D eigenvalue weighted by molar-refractivity contribution is 5.49. The second-order valence-corrected chi connectivity index (χ2v) is 4.26. The maximum Gasteiger partial charge on any atom is 0.169 e. The molecule has 0 saturated carbocycles. The molecule has 2 aromatic heterocycles. The van der Waals surface area contributed by atoms with E-state index in [1.165, 1.54) is 0 Å². The van der Waals surface area contributed by atoms with Gasteiger partial charge >= 0.3 is 0 Å². The third-order valence-electron chi connectivity index (χ3n) is 2.82. The summed E-state index contributed by atoms with van der Waals surface area (Å²) in [6.45, 7) is 1.14. The minimum absolute atomic E-state index is 0.498. The van der Waals surface area contributed by atoms with Crippen molar-refractivity contribution in [2.75, 3.05) is 11.9 Å². The lowest BCUT2D eigenvalue weighted by Crippen LogP contribution is -2.08. The van der Waals surface area contributed by atoms with Gasteiger partial charge < -0.3 is 10.1 Å². The van der Waals surface area contributed by atoms with E-state index in [9.17, 15) is 0 Å². The van der Waals surface area contributed by atoms with Gasteiger partial charge in [0.1, 0.15) is 0 Å². The molecule has 6 heteroatoms. The standard InChI is InChI=1S/C14H17N5O/c1-19-12(6-9-18-19)11-17-14-13(5-4-8-16-14)20-10-3-2-7-15/h4-6,8-9H,2-3,10-11H2,1H3,(H,16,17). The van der Waals surface area contributed by atoms with Crippen molar-refractivity contribution in [2.45, 2.75) is 19.4 Å². The number of hydrogen-bond acceptors (Lipinski definition) is 5. The fraction of sp³-hybridized carbons (Fsp3) is 0.357. The van der Waals surface area contributed by atoms with Gasteiger partial charge in [-0.15, -0.1) is 0 Å². The van der Waals surface area contributed by atoms with Crippen LogP contribution in [0.25, 0.3) is 0 Å². The van der Waals surface area contributed by atoms with Gasteiger partial charge in [-0.05, 0) is 24.6 Å². The summed E-state index contributed by atoms with van der Waals surface area (Å²) in [5.74, 6) is 1.40. The Hall–Kier alpha value is -2.55. The van der Waals surface area contributed by atoms with Crippen LogP contribution < -0.4 is 10.1 Å². The number of nitrogens with one attached hydrogen (secondary N) is 1. The lowest BCUT2D eigenvalue weighted by atomic mass is 10.3. The molecule has 0 aliphatic rings. The number of hydrogen-bond donors (Lipinski definition) is 1. The van der Waals surface area contributed by atoms with Crippen molar-refractivity contribution in [3.05, 3.63) is 36.3 Å². The van der Waals surface area contributed by atoms with Gasteiger partial charge in [-0.2, -0.15) is 10.4 Å². The Morgan fingerprint density at radius 2 is 2.30 bits per heavy atom. The maximum atomic E-state index is 8.50. The van der Waals surface area contributed by atoms with Gasteiger partial charge in [0.15, 0.2) is 11.6 Å². The average molecular weight is 271 g/mol. The van der Waals surface area contributed by atoms with Crippen LogP contribution in [0.3, 0.4) is 0 Å². The van der Waals surface area contributed by atoms with Crippen molar-refractivity contribution in [1.82, 2.24) is 14.8 Å². The summed E-state index contributed by atoms with van der Waals surface area (Å²) in [7, 11) is 1.90. The fourth-order valence-electron chi connectivity index (χ4n) is 1.72. The first-order chi connectivity index (χ1) is 9.81. The smallest absolute Gasteiger partial charge is 0.169 e. The largest absolute Gasteiger partial charge is 0.490 e. The lowest BCUT2D eigenvalue weighted by Gasteiger charge is -2.11. The van der Waals surface area contributed by atoms with E-state index >= 15 is 0 Å². The number of nitriles is 1. The van der Waals surface area contributed by atoms with E-state index in [0.29, 0.717) is 37.6 Å². The second kappa shape index (κ2) is 7.14. The first-order valence-electron chi connectivity index (χ1n) is 6.47. The summed E-state index contributed by atoms with van der Waals surface area (Å²) in [5, 5.41) is 15.8. The van der Waals surface area contributed by atoms with Crippen LogP contribution in [0, 0.1) is 11.3 Å². The summed E-state index contributed by atoms with van der Waals surface area (Å²) >= 11 is 0. The molecule has 20 heavy (non-hydrogen) atoms. The van der Waals surface area contributed by atoms with Crippen LogP contribution in [0.2, 0.25) is 0 Å². The molecule has 0 bridgehead atoms. The van der Waals surface area contributed by atoms with Crippen molar-refractivity contribution in [2.24, 2.45) is 7.05 Å². The Morgan fingerprint density at radius 3 is 3.05 bits per heavy atom. The van der Waals surface area contributed by atoms with Gasteiger partial charge in [-0.25, -0.2) is 4.98 Å². The summed E-state index contributed by atoms with van der Waals surface area (Å²) in [5.41, 5.74) is 1.06. The molecule has 0 unspecified atom stereocenters. The number of aromatic nitrogens is 3. The highest BCUT2D eigenvalue weighted by Gasteiger charge is 2.05. The van der Waals surface area contributed by atoms with E-state index < -0.39 is 0 Å². The molecular formula is C14H17N5O. The molecule has 1 N–H and O–H groups in total. The zero-order chi connectivity index (χ0) is 14.2. The summed E-state index contributed by atoms with van der Waals surface area (Å²) in [4.78, 5) is 4.28. The molecule has 0 fully saturated rings. The molecule has 0 atom stereocenters. The lowest BCUT2D eigenvalue weighted by molar-refractivity contribution is 0.313. The van der Waals surface area contributed by atoms with Crippen LogP contribution in [-0.2, 0) is 13.6 Å². The molecule has 0 aliphatic heterocycles. The third-order valence-corrected chi connectivity index (χ3v) is 2.82. The number of aryl methyl sites for hydroxylation is 1. The van der Waals surface area contributed by atoms with Crippen molar-refractivity contribution in [3.63, 3.8) is 0 Å². The van der Waals surface area contributed by atoms with Crippen molar-refractivity contribution in [3.8, 4) is 11.8 Å². The van der Waals surface area contributed by atoms with Crippen molar-refractivity contribution in [1.29, 1.82) is 5.26 Å². The topological polar surface area (TPSA) is 75.8 Å². The van der Waals surface area contributed by atoms with E-state index in [4.69, 9.17) is 10.00 Å². The van der Waals surface area contributed by atoms with E-state index in [2.05, 4.69) is 21.5 Å². The average Bonchev–Trinajstić information content (AvgIpc) is 2.88. The summed E-state index contributed by atoms with van der Waals surface area (Å²) in [6, 6.07) is 7.74. The van der Waals surface area contributed by atoms with E-state index in [1.807, 2.05) is 29.9 Å². The van der Waals surface area contributed by atoms with Crippen molar-refractivity contribution >= 4 is 5.82 Å². The predicted octanol–water partition coefficient (Wildman–Crippen LogP) is 2.11. The van der Waals surface area contributed by atoms with Crippen LogP contribution >= 0.6 is 0 Å². The Morgan fingerprint density at radius 1 is 1.40 bits per heavy atom. The van der Waals surface area contributed by atoms with Gasteiger partial charge in [-0.1, -0.05) is 0 Å². The number of pyridine rings is 1. The van der Waals surface area contributed by atoms with Gasteiger partial charge in [-0.3, -0.25) is 4.68 Å². The molecule has 0 radical (unpaired) electrons. The maximum absolute atomic E-state index is 8.50. The van der Waals surface area contributed by atoms with Crippen LogP contribution in [0.5, 0.6) is 5.75 Å². The molecule has 2 rings (SSSR count). The molecule has 0 aromatic carbocycles. The Labute approximate surface area is 118 Å². The Balaban J connectivity index is 1.94. The number of anilines is 1. The highest BCUT2D eigenvalue weighted by Crippen LogP contribution is 2.21. The summed E-state index contributed by atoms with van der Waals surface area (Å²) in [6.07, 6.45) is 4.69. The monoisotopic (exact) mass is 271 g/mol. The van der Waals surface area contributed by atoms with Crippen molar-refractivity contribution < 1.29 is 4.74 Å². The quantitative estimate of drug-likeness (QED) is 0.780. The van der Waals surface area contributed by atoms with Crippen LogP contribution in [0.1, 0.15) is 18.5 Å². The highest BCUT2D eigenvalue weighted by atomic mass is 16.5. The number of nitrogens with zero attached hydrogens (tertiary/aromatic N) is 4. The first kappa shape index (κ1) is 13.9. The van der Waals surface area contributed by atoms with Crippen LogP contribution in [-0.4, -0.2) is 21.4 Å². The second-order valence-electron chi connectivity index (χ2n) is 4.26. The SMILES string of the molecule is Cn1nccc1CNc1ncccc1OCCCC#N. The van der Waals surface area contributed by atoms with Crippen LogP contribution in [0.4, 0.5) is 5.82 Å². The minimum atomic E-state index is 0.498. The molecular weight excluding hydrogens is 254 g/mol.